The number of nitrogens with zero attached hydrogens (tertiary/aromatic N) is 2. The Morgan fingerprint density at radius 3 is 2.77 bits per heavy atom. The molecule has 0 saturated heterocycles. The number of thioether (sulfide) groups is 1. The number of esters is 1. The van der Waals surface area contributed by atoms with Crippen molar-refractivity contribution in [3.63, 3.8) is 0 Å². The molecule has 0 unspecified atom stereocenters. The van der Waals surface area contributed by atoms with E-state index in [4.69, 9.17) is 9.84 Å². The summed E-state index contributed by atoms with van der Waals surface area (Å²) in [6.07, 6.45) is 3.67. The predicted octanol–water partition coefficient (Wildman–Crippen LogP) is 2.19. The number of hydrogen-bond donors (Lipinski definition) is 2. The van der Waals surface area contributed by atoms with Crippen molar-refractivity contribution in [1.29, 1.82) is 0 Å². The van der Waals surface area contributed by atoms with Crippen LogP contribution in [0.5, 0.6) is 0 Å². The maximum absolute atomic E-state index is 11.3. The normalized spacial score (nSPS) is 11.0. The van der Waals surface area contributed by atoms with Gasteiger partial charge >= 0.3 is 11.9 Å². The lowest BCUT2D eigenvalue weighted by Gasteiger charge is -2.26. The second-order valence-electron chi connectivity index (χ2n) is 5.24. The zero-order chi connectivity index (χ0) is 16.6. The second kappa shape index (κ2) is 8.57. The third kappa shape index (κ3) is 7.26. The number of nitrogens with one attached hydrogen (secondary N) is 1. The Morgan fingerprint density at radius 1 is 1.41 bits per heavy atom. The number of rotatable bonds is 9. The second-order valence-corrected chi connectivity index (χ2v) is 6.23. The van der Waals surface area contributed by atoms with E-state index in [-0.39, 0.29) is 18.1 Å². The number of anilines is 1. The number of aromatic nitrogens is 2. The third-order valence-corrected chi connectivity index (χ3v) is 3.56. The van der Waals surface area contributed by atoms with Crippen molar-refractivity contribution >= 4 is 29.5 Å². The molecule has 1 aromatic heterocycles. The van der Waals surface area contributed by atoms with Gasteiger partial charge < -0.3 is 15.2 Å². The average Bonchev–Trinajstić information content (AvgIpc) is 2.43. The first-order valence-electron chi connectivity index (χ1n) is 6.93. The van der Waals surface area contributed by atoms with E-state index in [1.165, 1.54) is 11.8 Å². The molecule has 2 N–H and O–H groups in total. The van der Waals surface area contributed by atoms with Crippen LogP contribution in [0, 0.1) is 0 Å². The van der Waals surface area contributed by atoms with Crippen LogP contribution in [-0.2, 0) is 14.3 Å². The summed E-state index contributed by atoms with van der Waals surface area (Å²) in [6, 6.07) is 0. The fourth-order valence-corrected chi connectivity index (χ4v) is 2.29. The molecule has 1 rings (SSSR count). The van der Waals surface area contributed by atoms with Crippen molar-refractivity contribution in [3.8, 4) is 0 Å². The summed E-state index contributed by atoms with van der Waals surface area (Å²) in [6.45, 7) is 5.91. The van der Waals surface area contributed by atoms with Crippen LogP contribution >= 0.6 is 11.8 Å². The van der Waals surface area contributed by atoms with Gasteiger partial charge in [0.15, 0.2) is 0 Å². The molecule has 0 radical (unpaired) electrons. The van der Waals surface area contributed by atoms with Gasteiger partial charge in [0.25, 0.3) is 0 Å². The van der Waals surface area contributed by atoms with Crippen LogP contribution in [0.2, 0.25) is 0 Å². The monoisotopic (exact) mass is 327 g/mol. The summed E-state index contributed by atoms with van der Waals surface area (Å²) < 4.78 is 4.85. The van der Waals surface area contributed by atoms with Crippen LogP contribution in [0.1, 0.15) is 33.6 Å². The molecule has 1 aromatic rings. The molecular formula is C14H21N3O4S. The molecule has 0 spiro atoms. The van der Waals surface area contributed by atoms with E-state index in [0.717, 1.165) is 0 Å². The van der Waals surface area contributed by atoms with Gasteiger partial charge in [-0.3, -0.25) is 14.6 Å². The number of ether oxygens (including phenoxy) is 1. The van der Waals surface area contributed by atoms with Gasteiger partial charge in [0.1, 0.15) is 10.8 Å². The lowest BCUT2D eigenvalue weighted by atomic mass is 9.98. The summed E-state index contributed by atoms with van der Waals surface area (Å²) in [5.41, 5.74) is -0.419. The highest BCUT2D eigenvalue weighted by molar-refractivity contribution is 7.99. The zero-order valence-corrected chi connectivity index (χ0v) is 13.8. The fraction of sp³-hybridized carbons (Fsp3) is 0.571. The molecule has 0 fully saturated rings. The molecule has 0 atom stereocenters. The molecule has 22 heavy (non-hydrogen) atoms. The Kier molecular flexibility index (Phi) is 7.10. The van der Waals surface area contributed by atoms with E-state index in [2.05, 4.69) is 15.3 Å². The number of hydrogen-bond acceptors (Lipinski definition) is 7. The van der Waals surface area contributed by atoms with Crippen LogP contribution in [0.15, 0.2) is 17.4 Å². The van der Waals surface area contributed by atoms with Crippen molar-refractivity contribution in [1.82, 2.24) is 9.97 Å². The van der Waals surface area contributed by atoms with E-state index in [9.17, 15) is 9.59 Å². The number of aliphatic carboxylic acids is 1. The molecule has 0 aliphatic heterocycles. The molecule has 8 heteroatoms. The molecule has 0 aliphatic carbocycles. The van der Waals surface area contributed by atoms with Gasteiger partial charge in [0.05, 0.1) is 24.8 Å². The van der Waals surface area contributed by atoms with E-state index >= 15 is 0 Å². The van der Waals surface area contributed by atoms with Gasteiger partial charge in [-0.15, -0.1) is 0 Å². The van der Waals surface area contributed by atoms with Gasteiger partial charge in [0.2, 0.25) is 0 Å². The van der Waals surface area contributed by atoms with E-state index in [1.54, 1.807) is 19.3 Å². The van der Waals surface area contributed by atoms with Crippen molar-refractivity contribution in [2.45, 2.75) is 44.2 Å². The predicted molar refractivity (Wildman–Crippen MR) is 84.0 cm³/mol. The summed E-state index contributed by atoms with van der Waals surface area (Å²) in [5, 5.41) is 12.5. The molecule has 0 saturated carbocycles. The summed E-state index contributed by atoms with van der Waals surface area (Å²) in [5.74, 6) is -0.410. The van der Waals surface area contributed by atoms with Crippen LogP contribution in [-0.4, -0.2) is 44.9 Å². The number of carboxylic acids is 1. The number of carbonyl (C=O) groups is 2. The summed E-state index contributed by atoms with van der Waals surface area (Å²) in [7, 11) is 0. The Balaban J connectivity index is 2.59. The van der Waals surface area contributed by atoms with E-state index in [1.807, 2.05) is 13.8 Å². The van der Waals surface area contributed by atoms with Crippen LogP contribution in [0.25, 0.3) is 0 Å². The Hall–Kier alpha value is -1.83. The maximum Gasteiger partial charge on any atom is 0.316 e. The molecule has 0 amide bonds. The molecule has 0 bridgehead atoms. The lowest BCUT2D eigenvalue weighted by molar-refractivity contribution is -0.140. The zero-order valence-electron chi connectivity index (χ0n) is 13.0. The quantitative estimate of drug-likeness (QED) is 0.526. The molecular weight excluding hydrogens is 306 g/mol. The Morgan fingerprint density at radius 2 is 2.14 bits per heavy atom. The fourth-order valence-electron chi connectivity index (χ4n) is 1.64. The summed E-state index contributed by atoms with van der Waals surface area (Å²) >= 11 is 1.24. The third-order valence-electron chi connectivity index (χ3n) is 2.69. The first kappa shape index (κ1) is 18.2. The average molecular weight is 327 g/mol. The summed E-state index contributed by atoms with van der Waals surface area (Å²) in [4.78, 5) is 30.4. The first-order valence-corrected chi connectivity index (χ1v) is 7.91. The van der Waals surface area contributed by atoms with Crippen molar-refractivity contribution in [3.05, 3.63) is 12.4 Å². The van der Waals surface area contributed by atoms with Crippen molar-refractivity contribution < 1.29 is 19.4 Å². The SMILES string of the molecule is CCOC(=O)CSc1cncc(NC(C)(C)CCC(=O)O)n1. The van der Waals surface area contributed by atoms with Gasteiger partial charge in [-0.25, -0.2) is 4.98 Å². The maximum atomic E-state index is 11.3. The molecule has 122 valence electrons. The Labute approximate surface area is 133 Å². The highest BCUT2D eigenvalue weighted by atomic mass is 32.2. The highest BCUT2D eigenvalue weighted by Gasteiger charge is 2.19. The van der Waals surface area contributed by atoms with E-state index in [0.29, 0.717) is 23.9 Å². The largest absolute Gasteiger partial charge is 0.481 e. The van der Waals surface area contributed by atoms with Crippen LogP contribution in [0.3, 0.4) is 0 Å². The van der Waals surface area contributed by atoms with Crippen molar-refractivity contribution in [2.24, 2.45) is 0 Å². The topological polar surface area (TPSA) is 101 Å². The number of carbonyl (C=O) groups excluding carboxylic acids is 1. The highest BCUT2D eigenvalue weighted by Crippen LogP contribution is 2.21. The molecule has 0 aliphatic rings. The number of carboxylic acid groups (broad SMARTS) is 1. The minimum atomic E-state index is -0.834. The lowest BCUT2D eigenvalue weighted by Crippen LogP contribution is -2.32. The van der Waals surface area contributed by atoms with Crippen LogP contribution < -0.4 is 5.32 Å². The van der Waals surface area contributed by atoms with Gasteiger partial charge in [-0.05, 0) is 27.2 Å². The minimum Gasteiger partial charge on any atom is -0.481 e. The standard InChI is InChI=1S/C14H21N3O4S/c1-4-21-13(20)9-22-11-8-15-7-10(16-11)17-14(2,3)6-5-12(18)19/h7-8H,4-6,9H2,1-3H3,(H,16,17)(H,18,19). The van der Waals surface area contributed by atoms with Gasteiger partial charge in [-0.1, -0.05) is 11.8 Å². The van der Waals surface area contributed by atoms with Crippen molar-refractivity contribution in [2.75, 3.05) is 17.7 Å². The van der Waals surface area contributed by atoms with Crippen LogP contribution in [0.4, 0.5) is 5.82 Å². The Bertz CT molecular complexity index is 523. The molecule has 7 nitrogen and oxygen atoms in total. The van der Waals surface area contributed by atoms with Gasteiger partial charge in [0, 0.05) is 12.0 Å². The smallest absolute Gasteiger partial charge is 0.316 e. The van der Waals surface area contributed by atoms with E-state index < -0.39 is 11.5 Å². The van der Waals surface area contributed by atoms with Gasteiger partial charge in [-0.2, -0.15) is 0 Å². The first-order chi connectivity index (χ1) is 10.3. The molecule has 0 aromatic carbocycles. The molecule has 1 heterocycles. The minimum absolute atomic E-state index is 0.0741.